The fourth-order valence-corrected chi connectivity index (χ4v) is 1.99. The first-order valence-electron chi connectivity index (χ1n) is 7.59. The maximum absolute atomic E-state index is 12.0. The van der Waals surface area contributed by atoms with Crippen molar-refractivity contribution in [2.24, 2.45) is 5.92 Å². The molecule has 6 heteroatoms. The molecule has 1 aliphatic carbocycles. The minimum absolute atomic E-state index is 0.0416. The van der Waals surface area contributed by atoms with Crippen molar-refractivity contribution in [1.82, 2.24) is 10.6 Å². The van der Waals surface area contributed by atoms with Crippen LogP contribution in [0.3, 0.4) is 0 Å². The van der Waals surface area contributed by atoms with Crippen LogP contribution < -0.4 is 16.0 Å². The van der Waals surface area contributed by atoms with Gasteiger partial charge in [0.1, 0.15) is 0 Å². The Labute approximate surface area is 130 Å². The average Bonchev–Trinajstić information content (AvgIpc) is 3.35. The van der Waals surface area contributed by atoms with Crippen LogP contribution in [-0.2, 0) is 9.53 Å². The number of carbonyl (C=O) groups is 2. The van der Waals surface area contributed by atoms with Crippen LogP contribution in [-0.4, -0.2) is 45.2 Å². The van der Waals surface area contributed by atoms with E-state index in [4.69, 9.17) is 4.74 Å². The van der Waals surface area contributed by atoms with E-state index in [2.05, 4.69) is 16.0 Å². The molecule has 2 rings (SSSR count). The highest BCUT2D eigenvalue weighted by Crippen LogP contribution is 2.30. The fraction of sp³-hybridized carbons (Fsp3) is 0.500. The van der Waals surface area contributed by atoms with Gasteiger partial charge < -0.3 is 20.7 Å². The molecule has 3 N–H and O–H groups in total. The summed E-state index contributed by atoms with van der Waals surface area (Å²) in [6, 6.07) is 7.01. The van der Waals surface area contributed by atoms with E-state index in [1.54, 1.807) is 31.4 Å². The number of nitrogens with one attached hydrogen (secondary N) is 3. The molecule has 0 unspecified atom stereocenters. The summed E-state index contributed by atoms with van der Waals surface area (Å²) in [6.45, 7) is 2.64. The van der Waals surface area contributed by atoms with E-state index in [1.807, 2.05) is 0 Å². The Morgan fingerprint density at radius 3 is 2.77 bits per heavy atom. The zero-order valence-electron chi connectivity index (χ0n) is 12.9. The summed E-state index contributed by atoms with van der Waals surface area (Å²) in [5.74, 6) is 0.0478. The van der Waals surface area contributed by atoms with Gasteiger partial charge in [-0.05, 0) is 31.0 Å². The summed E-state index contributed by atoms with van der Waals surface area (Å²) >= 11 is 0. The monoisotopic (exact) mass is 305 g/mol. The lowest BCUT2D eigenvalue weighted by Gasteiger charge is -2.09. The average molecular weight is 305 g/mol. The quantitative estimate of drug-likeness (QED) is 0.595. The first-order chi connectivity index (χ1) is 10.7. The van der Waals surface area contributed by atoms with Gasteiger partial charge in [-0.2, -0.15) is 0 Å². The fourth-order valence-electron chi connectivity index (χ4n) is 1.99. The van der Waals surface area contributed by atoms with Gasteiger partial charge in [-0.3, -0.25) is 9.59 Å². The van der Waals surface area contributed by atoms with Crippen LogP contribution in [0.5, 0.6) is 0 Å². The third-order valence-corrected chi connectivity index (χ3v) is 3.41. The third-order valence-electron chi connectivity index (χ3n) is 3.41. The van der Waals surface area contributed by atoms with Crippen molar-refractivity contribution in [3.8, 4) is 0 Å². The standard InChI is InChI=1S/C16H23N3O3/c1-22-10-9-17-7-8-18-15(20)13-3-2-4-14(11-13)19-16(21)12-5-6-12/h2-4,11-12,17H,5-10H2,1H3,(H,18,20)(H,19,21). The topological polar surface area (TPSA) is 79.5 Å². The SMILES string of the molecule is COCCNCCNC(=O)c1cccc(NC(=O)C2CC2)c1. The molecule has 1 aromatic carbocycles. The lowest BCUT2D eigenvalue weighted by molar-refractivity contribution is -0.117. The van der Waals surface area contributed by atoms with Gasteiger partial charge in [-0.25, -0.2) is 0 Å². The Morgan fingerprint density at radius 2 is 2.05 bits per heavy atom. The Hall–Kier alpha value is -1.92. The number of amides is 2. The Bertz CT molecular complexity index is 515. The summed E-state index contributed by atoms with van der Waals surface area (Å²) < 4.78 is 4.92. The van der Waals surface area contributed by atoms with E-state index >= 15 is 0 Å². The van der Waals surface area contributed by atoms with Crippen LogP contribution in [0.1, 0.15) is 23.2 Å². The molecule has 1 saturated carbocycles. The third kappa shape index (κ3) is 5.46. The van der Waals surface area contributed by atoms with E-state index in [1.165, 1.54) is 0 Å². The van der Waals surface area contributed by atoms with E-state index in [9.17, 15) is 9.59 Å². The number of benzene rings is 1. The van der Waals surface area contributed by atoms with E-state index in [0.29, 0.717) is 30.9 Å². The summed E-state index contributed by atoms with van der Waals surface area (Å²) in [7, 11) is 1.65. The molecule has 0 aliphatic heterocycles. The number of hydrogen-bond acceptors (Lipinski definition) is 4. The van der Waals surface area contributed by atoms with Gasteiger partial charge in [-0.15, -0.1) is 0 Å². The second-order valence-corrected chi connectivity index (χ2v) is 5.34. The zero-order chi connectivity index (χ0) is 15.8. The molecule has 2 amide bonds. The Morgan fingerprint density at radius 1 is 1.23 bits per heavy atom. The smallest absolute Gasteiger partial charge is 0.251 e. The van der Waals surface area contributed by atoms with Crippen LogP contribution in [0.4, 0.5) is 5.69 Å². The normalized spacial score (nSPS) is 13.7. The molecule has 1 aromatic rings. The summed E-state index contributed by atoms with van der Waals surface area (Å²) in [4.78, 5) is 23.8. The molecular weight excluding hydrogens is 282 g/mol. The Kier molecular flexibility index (Phi) is 6.36. The molecule has 0 heterocycles. The first-order valence-corrected chi connectivity index (χ1v) is 7.59. The maximum Gasteiger partial charge on any atom is 0.251 e. The molecule has 1 fully saturated rings. The van der Waals surface area contributed by atoms with Gasteiger partial charge in [0.15, 0.2) is 0 Å². The van der Waals surface area contributed by atoms with Crippen LogP contribution in [0.15, 0.2) is 24.3 Å². The predicted octanol–water partition coefficient (Wildman–Crippen LogP) is 1.00. The number of rotatable bonds is 9. The van der Waals surface area contributed by atoms with E-state index in [-0.39, 0.29) is 17.7 Å². The number of hydrogen-bond donors (Lipinski definition) is 3. The highest BCUT2D eigenvalue weighted by Gasteiger charge is 2.29. The zero-order valence-corrected chi connectivity index (χ0v) is 12.9. The second kappa shape index (κ2) is 8.51. The Balaban J connectivity index is 1.75. The number of anilines is 1. The minimum atomic E-state index is -0.143. The molecule has 0 aromatic heterocycles. The van der Waals surface area contributed by atoms with Gasteiger partial charge in [0.25, 0.3) is 5.91 Å². The first kappa shape index (κ1) is 16.5. The van der Waals surface area contributed by atoms with E-state index < -0.39 is 0 Å². The lowest BCUT2D eigenvalue weighted by Crippen LogP contribution is -2.33. The van der Waals surface area contributed by atoms with E-state index in [0.717, 1.165) is 19.4 Å². The van der Waals surface area contributed by atoms with Crippen LogP contribution in [0.2, 0.25) is 0 Å². The van der Waals surface area contributed by atoms with Crippen LogP contribution in [0.25, 0.3) is 0 Å². The van der Waals surface area contributed by atoms with Crippen molar-refractivity contribution in [2.45, 2.75) is 12.8 Å². The largest absolute Gasteiger partial charge is 0.383 e. The molecule has 120 valence electrons. The van der Waals surface area contributed by atoms with Crippen molar-refractivity contribution in [3.63, 3.8) is 0 Å². The van der Waals surface area contributed by atoms with Crippen molar-refractivity contribution in [1.29, 1.82) is 0 Å². The van der Waals surface area contributed by atoms with Crippen molar-refractivity contribution in [2.75, 3.05) is 38.7 Å². The van der Waals surface area contributed by atoms with Gasteiger partial charge in [0, 0.05) is 43.9 Å². The number of methoxy groups -OCH3 is 1. The molecular formula is C16H23N3O3. The van der Waals surface area contributed by atoms with Gasteiger partial charge in [-0.1, -0.05) is 6.07 Å². The second-order valence-electron chi connectivity index (χ2n) is 5.34. The molecule has 0 bridgehead atoms. The number of carbonyl (C=O) groups excluding carboxylic acids is 2. The van der Waals surface area contributed by atoms with Crippen LogP contribution >= 0.6 is 0 Å². The minimum Gasteiger partial charge on any atom is -0.383 e. The molecule has 0 atom stereocenters. The number of ether oxygens (including phenoxy) is 1. The maximum atomic E-state index is 12.0. The molecule has 0 saturated heterocycles. The molecule has 0 spiro atoms. The van der Waals surface area contributed by atoms with Gasteiger partial charge in [0.2, 0.25) is 5.91 Å². The van der Waals surface area contributed by atoms with Crippen LogP contribution in [0, 0.1) is 5.92 Å². The van der Waals surface area contributed by atoms with Crippen molar-refractivity contribution < 1.29 is 14.3 Å². The lowest BCUT2D eigenvalue weighted by atomic mass is 10.2. The predicted molar refractivity (Wildman–Crippen MR) is 84.9 cm³/mol. The summed E-state index contributed by atoms with van der Waals surface area (Å²) in [5.41, 5.74) is 1.22. The van der Waals surface area contributed by atoms with Gasteiger partial charge >= 0.3 is 0 Å². The van der Waals surface area contributed by atoms with Crippen molar-refractivity contribution in [3.05, 3.63) is 29.8 Å². The molecule has 22 heavy (non-hydrogen) atoms. The molecule has 1 aliphatic rings. The highest BCUT2D eigenvalue weighted by atomic mass is 16.5. The van der Waals surface area contributed by atoms with Gasteiger partial charge in [0.05, 0.1) is 6.61 Å². The molecule has 0 radical (unpaired) electrons. The van der Waals surface area contributed by atoms with Crippen molar-refractivity contribution >= 4 is 17.5 Å². The molecule has 6 nitrogen and oxygen atoms in total. The summed E-state index contributed by atoms with van der Waals surface area (Å²) in [6.07, 6.45) is 1.92. The summed E-state index contributed by atoms with van der Waals surface area (Å²) in [5, 5.41) is 8.83. The highest BCUT2D eigenvalue weighted by molar-refractivity contribution is 5.98.